The zero-order valence-electron chi connectivity index (χ0n) is 8.46. The Bertz CT molecular complexity index is 462. The van der Waals surface area contributed by atoms with Crippen molar-refractivity contribution in [2.45, 2.75) is 6.04 Å². The Hall–Kier alpha value is -1.88. The van der Waals surface area contributed by atoms with Gasteiger partial charge in [0.2, 0.25) is 0 Å². The second kappa shape index (κ2) is 3.70. The quantitative estimate of drug-likeness (QED) is 0.742. The minimum Gasteiger partial charge on any atom is -0.398 e. The van der Waals surface area contributed by atoms with Crippen LogP contribution in [-0.2, 0) is 7.05 Å². The van der Waals surface area contributed by atoms with Crippen molar-refractivity contribution in [1.29, 1.82) is 0 Å². The third-order valence-corrected chi connectivity index (χ3v) is 2.31. The number of nitrogen functional groups attached to an aromatic ring is 1. The molecule has 0 aromatic carbocycles. The molecule has 2 aromatic heterocycles. The van der Waals surface area contributed by atoms with Crippen LogP contribution >= 0.6 is 0 Å². The molecule has 78 valence electrons. The number of hydrogen-bond acceptors (Lipinski definition) is 4. The summed E-state index contributed by atoms with van der Waals surface area (Å²) >= 11 is 0. The number of rotatable bonds is 2. The molecule has 0 amide bonds. The van der Waals surface area contributed by atoms with Crippen LogP contribution in [0, 0.1) is 0 Å². The van der Waals surface area contributed by atoms with Crippen LogP contribution in [0.3, 0.4) is 0 Å². The van der Waals surface area contributed by atoms with Crippen LogP contribution in [0.1, 0.15) is 17.2 Å². The molecular formula is C10H13N5. The van der Waals surface area contributed by atoms with Gasteiger partial charge in [-0.05, 0) is 6.07 Å². The van der Waals surface area contributed by atoms with E-state index < -0.39 is 0 Å². The Morgan fingerprint density at radius 2 is 2.20 bits per heavy atom. The van der Waals surface area contributed by atoms with Crippen LogP contribution in [0.25, 0.3) is 0 Å². The minimum atomic E-state index is -0.271. The lowest BCUT2D eigenvalue weighted by atomic mass is 10.0. The van der Waals surface area contributed by atoms with Gasteiger partial charge in [-0.25, -0.2) is 0 Å². The maximum atomic E-state index is 6.06. The topological polar surface area (TPSA) is 82.8 Å². The number of nitrogens with two attached hydrogens (primary N) is 2. The minimum absolute atomic E-state index is 0.271. The van der Waals surface area contributed by atoms with E-state index in [0.29, 0.717) is 5.69 Å². The van der Waals surface area contributed by atoms with E-state index in [1.165, 1.54) is 0 Å². The second-order valence-corrected chi connectivity index (χ2v) is 3.43. The van der Waals surface area contributed by atoms with Gasteiger partial charge in [0.1, 0.15) is 0 Å². The Kier molecular flexibility index (Phi) is 2.39. The maximum absolute atomic E-state index is 6.06. The average Bonchev–Trinajstić information content (AvgIpc) is 2.65. The van der Waals surface area contributed by atoms with Gasteiger partial charge < -0.3 is 11.5 Å². The van der Waals surface area contributed by atoms with Crippen LogP contribution in [0.2, 0.25) is 0 Å². The zero-order chi connectivity index (χ0) is 10.8. The first-order valence-electron chi connectivity index (χ1n) is 4.62. The Morgan fingerprint density at radius 1 is 1.40 bits per heavy atom. The lowest BCUT2D eigenvalue weighted by Crippen LogP contribution is -2.13. The van der Waals surface area contributed by atoms with Gasteiger partial charge in [0.15, 0.2) is 0 Å². The normalized spacial score (nSPS) is 12.7. The van der Waals surface area contributed by atoms with Gasteiger partial charge in [0, 0.05) is 42.5 Å². The van der Waals surface area contributed by atoms with Gasteiger partial charge in [-0.1, -0.05) is 0 Å². The highest BCUT2D eigenvalue weighted by atomic mass is 15.2. The number of aromatic nitrogens is 3. The highest BCUT2D eigenvalue weighted by Crippen LogP contribution is 2.22. The summed E-state index contributed by atoms with van der Waals surface area (Å²) in [7, 11) is 1.85. The zero-order valence-corrected chi connectivity index (χ0v) is 8.46. The van der Waals surface area contributed by atoms with E-state index in [0.717, 1.165) is 11.1 Å². The molecular weight excluding hydrogens is 190 g/mol. The Labute approximate surface area is 87.7 Å². The SMILES string of the molecule is Cn1cc(C(N)c2cnccc2N)cn1. The van der Waals surface area contributed by atoms with Crippen molar-refractivity contribution in [3.63, 3.8) is 0 Å². The summed E-state index contributed by atoms with van der Waals surface area (Å²) in [5.41, 5.74) is 14.3. The highest BCUT2D eigenvalue weighted by Gasteiger charge is 2.13. The molecule has 2 aromatic rings. The van der Waals surface area contributed by atoms with E-state index in [-0.39, 0.29) is 6.04 Å². The first kappa shape index (κ1) is 9.67. The van der Waals surface area contributed by atoms with E-state index in [2.05, 4.69) is 10.1 Å². The molecule has 2 rings (SSSR count). The van der Waals surface area contributed by atoms with Crippen molar-refractivity contribution in [3.05, 3.63) is 42.0 Å². The van der Waals surface area contributed by atoms with Crippen molar-refractivity contribution >= 4 is 5.69 Å². The first-order valence-corrected chi connectivity index (χ1v) is 4.62. The predicted octanol–water partition coefficient (Wildman–Crippen LogP) is 0.445. The van der Waals surface area contributed by atoms with E-state index in [4.69, 9.17) is 11.5 Å². The summed E-state index contributed by atoms with van der Waals surface area (Å²) in [6.07, 6.45) is 6.94. The summed E-state index contributed by atoms with van der Waals surface area (Å²) < 4.78 is 1.71. The van der Waals surface area contributed by atoms with Gasteiger partial charge in [0.25, 0.3) is 0 Å². The highest BCUT2D eigenvalue weighted by molar-refractivity contribution is 5.48. The van der Waals surface area contributed by atoms with Crippen molar-refractivity contribution in [1.82, 2.24) is 14.8 Å². The van der Waals surface area contributed by atoms with Gasteiger partial charge in [0.05, 0.1) is 12.2 Å². The third kappa shape index (κ3) is 1.82. The van der Waals surface area contributed by atoms with Crippen molar-refractivity contribution in [2.24, 2.45) is 12.8 Å². The average molecular weight is 203 g/mol. The molecule has 5 heteroatoms. The van der Waals surface area contributed by atoms with Gasteiger partial charge in [-0.15, -0.1) is 0 Å². The fourth-order valence-electron chi connectivity index (χ4n) is 1.46. The van der Waals surface area contributed by atoms with Crippen molar-refractivity contribution in [3.8, 4) is 0 Å². The van der Waals surface area contributed by atoms with Crippen LogP contribution < -0.4 is 11.5 Å². The monoisotopic (exact) mass is 203 g/mol. The van der Waals surface area contributed by atoms with Crippen LogP contribution in [0.4, 0.5) is 5.69 Å². The lowest BCUT2D eigenvalue weighted by molar-refractivity contribution is 0.765. The fraction of sp³-hybridized carbons (Fsp3) is 0.200. The standard InChI is InChI=1S/C10H13N5/c1-15-6-7(4-14-15)10(12)8-5-13-3-2-9(8)11/h2-6,10H,12H2,1H3,(H2,11,13). The summed E-state index contributed by atoms with van der Waals surface area (Å²) in [6, 6.07) is 1.47. The number of pyridine rings is 1. The smallest absolute Gasteiger partial charge is 0.0618 e. The number of hydrogen-bond donors (Lipinski definition) is 2. The Balaban J connectivity index is 2.36. The summed E-state index contributed by atoms with van der Waals surface area (Å²) in [6.45, 7) is 0. The van der Waals surface area contributed by atoms with Gasteiger partial charge >= 0.3 is 0 Å². The second-order valence-electron chi connectivity index (χ2n) is 3.43. The predicted molar refractivity (Wildman–Crippen MR) is 57.9 cm³/mol. The maximum Gasteiger partial charge on any atom is 0.0618 e. The van der Waals surface area contributed by atoms with E-state index in [1.54, 1.807) is 29.3 Å². The number of aryl methyl sites for hydroxylation is 1. The fourth-order valence-corrected chi connectivity index (χ4v) is 1.46. The largest absolute Gasteiger partial charge is 0.398 e. The summed E-state index contributed by atoms with van der Waals surface area (Å²) in [5, 5.41) is 4.07. The summed E-state index contributed by atoms with van der Waals surface area (Å²) in [5.74, 6) is 0. The van der Waals surface area contributed by atoms with Gasteiger partial charge in [-0.3, -0.25) is 9.67 Å². The molecule has 1 unspecified atom stereocenters. The molecule has 0 aliphatic carbocycles. The molecule has 4 N–H and O–H groups in total. The number of anilines is 1. The molecule has 2 heterocycles. The van der Waals surface area contributed by atoms with Gasteiger partial charge in [-0.2, -0.15) is 5.10 Å². The molecule has 0 aliphatic heterocycles. The van der Waals surface area contributed by atoms with Crippen molar-refractivity contribution < 1.29 is 0 Å². The molecule has 5 nitrogen and oxygen atoms in total. The van der Waals surface area contributed by atoms with E-state index >= 15 is 0 Å². The molecule has 0 saturated carbocycles. The van der Waals surface area contributed by atoms with Crippen LogP contribution in [0.15, 0.2) is 30.9 Å². The molecule has 0 bridgehead atoms. The molecule has 0 saturated heterocycles. The van der Waals surface area contributed by atoms with E-state index in [1.807, 2.05) is 13.2 Å². The lowest BCUT2D eigenvalue weighted by Gasteiger charge is -2.11. The van der Waals surface area contributed by atoms with Crippen LogP contribution in [0.5, 0.6) is 0 Å². The first-order chi connectivity index (χ1) is 7.18. The molecule has 0 radical (unpaired) electrons. The molecule has 0 spiro atoms. The molecule has 15 heavy (non-hydrogen) atoms. The van der Waals surface area contributed by atoms with Crippen LogP contribution in [-0.4, -0.2) is 14.8 Å². The van der Waals surface area contributed by atoms with Crippen molar-refractivity contribution in [2.75, 3.05) is 5.73 Å². The molecule has 1 atom stereocenters. The summed E-state index contributed by atoms with van der Waals surface area (Å²) in [4.78, 5) is 4.01. The Morgan fingerprint density at radius 3 is 2.80 bits per heavy atom. The van der Waals surface area contributed by atoms with E-state index in [9.17, 15) is 0 Å². The number of nitrogens with zero attached hydrogens (tertiary/aromatic N) is 3. The third-order valence-electron chi connectivity index (χ3n) is 2.31. The molecule has 0 aliphatic rings. The molecule has 0 fully saturated rings.